The summed E-state index contributed by atoms with van der Waals surface area (Å²) >= 11 is 10.9. The molecule has 2 aliphatic heterocycles. The highest BCUT2D eigenvalue weighted by molar-refractivity contribution is 8.11. The molecule has 8 heteroatoms. The lowest BCUT2D eigenvalue weighted by molar-refractivity contribution is 0.143. The molecule has 3 rings (SSSR count). The van der Waals surface area contributed by atoms with E-state index in [1.54, 1.807) is 4.90 Å². The highest BCUT2D eigenvalue weighted by Crippen LogP contribution is 2.26. The summed E-state index contributed by atoms with van der Waals surface area (Å²) in [5.41, 5.74) is 2.07. The van der Waals surface area contributed by atoms with Crippen LogP contribution in [0.4, 0.5) is 16.2 Å². The number of amides is 1. The number of ether oxygens (including phenoxy) is 1. The molecule has 2 saturated heterocycles. The van der Waals surface area contributed by atoms with Gasteiger partial charge in [0.2, 0.25) is 0 Å². The van der Waals surface area contributed by atoms with E-state index in [1.807, 2.05) is 23.9 Å². The lowest BCUT2D eigenvalue weighted by Gasteiger charge is -2.28. The molecule has 1 aromatic carbocycles. The third-order valence-corrected chi connectivity index (χ3v) is 5.14. The molecule has 1 atom stereocenters. The zero-order valence-electron chi connectivity index (χ0n) is 12.6. The summed E-state index contributed by atoms with van der Waals surface area (Å²) in [7, 11) is 0. The molecule has 23 heavy (non-hydrogen) atoms. The van der Waals surface area contributed by atoms with Crippen molar-refractivity contribution in [1.82, 2.24) is 5.32 Å². The number of nitrogens with zero attached hydrogens (tertiary/aromatic N) is 2. The van der Waals surface area contributed by atoms with Crippen LogP contribution in [0.25, 0.3) is 0 Å². The summed E-state index contributed by atoms with van der Waals surface area (Å²) in [6, 6.07) is 8.12. The van der Waals surface area contributed by atoms with Crippen LogP contribution in [-0.4, -0.2) is 54.2 Å². The van der Waals surface area contributed by atoms with Gasteiger partial charge in [0.25, 0.3) is 0 Å². The number of hydrogen-bond donors (Lipinski definition) is 2. The number of cyclic esters (lactones) is 1. The quantitative estimate of drug-likeness (QED) is 0.628. The highest BCUT2D eigenvalue weighted by Gasteiger charge is 2.32. The monoisotopic (exact) mass is 369 g/mol. The number of rotatable bonds is 4. The number of thiocarbonyl (C=S) groups is 1. The third kappa shape index (κ3) is 4.24. The minimum Gasteiger partial charge on any atom is -0.442 e. The van der Waals surface area contributed by atoms with E-state index >= 15 is 0 Å². The number of nitrogens with one attached hydrogen (secondary N) is 1. The van der Waals surface area contributed by atoms with Gasteiger partial charge in [-0.05, 0) is 24.3 Å². The zero-order chi connectivity index (χ0) is 16.2. The highest BCUT2D eigenvalue weighted by atomic mass is 32.2. The average Bonchev–Trinajstić information content (AvgIpc) is 2.95. The fourth-order valence-corrected chi connectivity index (χ4v) is 3.78. The number of hydrogen-bond acceptors (Lipinski definition) is 5. The molecular weight excluding hydrogens is 350 g/mol. The first kappa shape index (κ1) is 16.7. The second-order valence-electron chi connectivity index (χ2n) is 5.42. The summed E-state index contributed by atoms with van der Waals surface area (Å²) in [6.07, 6.45) is -0.532. The van der Waals surface area contributed by atoms with Gasteiger partial charge < -0.3 is 15.0 Å². The molecule has 124 valence electrons. The van der Waals surface area contributed by atoms with E-state index in [2.05, 4.69) is 35.0 Å². The van der Waals surface area contributed by atoms with E-state index in [-0.39, 0.29) is 12.2 Å². The minimum atomic E-state index is -0.316. The van der Waals surface area contributed by atoms with E-state index in [4.69, 9.17) is 17.0 Å². The zero-order valence-corrected chi connectivity index (χ0v) is 15.1. The summed E-state index contributed by atoms with van der Waals surface area (Å²) in [4.78, 5) is 16.1. The van der Waals surface area contributed by atoms with E-state index in [1.165, 1.54) is 17.2 Å². The second kappa shape index (κ2) is 7.63. The summed E-state index contributed by atoms with van der Waals surface area (Å²) in [6.45, 7) is 3.15. The molecular formula is C15H19N3O2S3. The fourth-order valence-electron chi connectivity index (χ4n) is 2.70. The molecule has 0 aromatic heterocycles. The molecule has 2 heterocycles. The van der Waals surface area contributed by atoms with E-state index in [0.717, 1.165) is 18.8 Å². The van der Waals surface area contributed by atoms with Crippen molar-refractivity contribution >= 4 is 58.4 Å². The van der Waals surface area contributed by atoms with Gasteiger partial charge in [0.05, 0.1) is 13.1 Å². The van der Waals surface area contributed by atoms with Crippen molar-refractivity contribution in [3.05, 3.63) is 24.3 Å². The maximum atomic E-state index is 12.0. The van der Waals surface area contributed by atoms with Crippen molar-refractivity contribution in [2.45, 2.75) is 6.10 Å². The Morgan fingerprint density at radius 3 is 2.61 bits per heavy atom. The summed E-state index contributed by atoms with van der Waals surface area (Å²) < 4.78 is 5.75. The predicted molar refractivity (Wildman–Crippen MR) is 103 cm³/mol. The molecule has 2 fully saturated rings. The first-order chi connectivity index (χ1) is 11.1. The van der Waals surface area contributed by atoms with Gasteiger partial charge in [-0.15, -0.1) is 12.6 Å². The number of anilines is 2. The number of carbonyl (C=O) groups is 1. The average molecular weight is 370 g/mol. The van der Waals surface area contributed by atoms with Crippen LogP contribution in [0, 0.1) is 0 Å². The Labute approximate surface area is 151 Å². The van der Waals surface area contributed by atoms with Crippen LogP contribution in [0.2, 0.25) is 0 Å². The molecule has 0 aliphatic carbocycles. The van der Waals surface area contributed by atoms with Crippen LogP contribution in [0.1, 0.15) is 0 Å². The van der Waals surface area contributed by atoms with Gasteiger partial charge in [-0.25, -0.2) is 4.79 Å². The molecule has 2 aliphatic rings. The van der Waals surface area contributed by atoms with Gasteiger partial charge in [-0.1, -0.05) is 12.2 Å². The van der Waals surface area contributed by atoms with Gasteiger partial charge in [-0.2, -0.15) is 11.8 Å². The van der Waals surface area contributed by atoms with E-state index in [9.17, 15) is 4.79 Å². The third-order valence-electron chi connectivity index (χ3n) is 3.89. The Bertz CT molecular complexity index is 576. The van der Waals surface area contributed by atoms with Crippen LogP contribution in [0.15, 0.2) is 24.3 Å². The molecule has 0 unspecified atom stereocenters. The van der Waals surface area contributed by atoms with Gasteiger partial charge in [0.15, 0.2) is 0 Å². The summed E-state index contributed by atoms with van der Waals surface area (Å²) in [5.74, 6) is 2.34. The van der Waals surface area contributed by atoms with Crippen LogP contribution in [-0.2, 0) is 4.74 Å². The van der Waals surface area contributed by atoms with Gasteiger partial charge >= 0.3 is 6.09 Å². The first-order valence-corrected chi connectivity index (χ1v) is 9.52. The topological polar surface area (TPSA) is 44.8 Å². The van der Waals surface area contributed by atoms with Crippen LogP contribution in [0.5, 0.6) is 0 Å². The molecule has 0 bridgehead atoms. The van der Waals surface area contributed by atoms with E-state index in [0.29, 0.717) is 17.4 Å². The standard InChI is InChI=1S/C15H19N3O2S3/c19-15-18(10-13(20-15)9-16-14(21)22)12-3-1-11(2-4-12)17-5-7-23-8-6-17/h1-4,13H,5-10H2,(H2,16,21,22)/t13-/m0/s1. The fraction of sp³-hybridized carbons (Fsp3) is 0.467. The maximum absolute atomic E-state index is 12.0. The van der Waals surface area contributed by atoms with Crippen molar-refractivity contribution in [3.63, 3.8) is 0 Å². The lowest BCUT2D eigenvalue weighted by atomic mass is 10.2. The lowest BCUT2D eigenvalue weighted by Crippen LogP contribution is -2.32. The van der Waals surface area contributed by atoms with Gasteiger partial charge in [0, 0.05) is 36.0 Å². The summed E-state index contributed by atoms with van der Waals surface area (Å²) in [5, 5.41) is 2.92. The van der Waals surface area contributed by atoms with Crippen molar-refractivity contribution < 1.29 is 9.53 Å². The Kier molecular flexibility index (Phi) is 5.55. The smallest absolute Gasteiger partial charge is 0.414 e. The van der Waals surface area contributed by atoms with Gasteiger partial charge in [0.1, 0.15) is 10.4 Å². The van der Waals surface area contributed by atoms with Gasteiger partial charge in [-0.3, -0.25) is 4.90 Å². The molecule has 1 N–H and O–H groups in total. The van der Waals surface area contributed by atoms with Crippen molar-refractivity contribution in [1.29, 1.82) is 0 Å². The molecule has 5 nitrogen and oxygen atoms in total. The molecule has 1 aromatic rings. The normalized spacial score (nSPS) is 21.3. The Morgan fingerprint density at radius 2 is 1.96 bits per heavy atom. The number of benzene rings is 1. The number of thioether (sulfide) groups is 1. The van der Waals surface area contributed by atoms with Crippen molar-refractivity contribution in [3.8, 4) is 0 Å². The molecule has 0 saturated carbocycles. The number of carbonyl (C=O) groups excluding carboxylic acids is 1. The van der Waals surface area contributed by atoms with Crippen LogP contribution in [0.3, 0.4) is 0 Å². The predicted octanol–water partition coefficient (Wildman–Crippen LogP) is 2.37. The largest absolute Gasteiger partial charge is 0.442 e. The molecule has 0 radical (unpaired) electrons. The number of thiol groups is 1. The van der Waals surface area contributed by atoms with Crippen LogP contribution >= 0.6 is 36.6 Å². The Morgan fingerprint density at radius 1 is 1.30 bits per heavy atom. The first-order valence-electron chi connectivity index (χ1n) is 7.51. The van der Waals surface area contributed by atoms with E-state index < -0.39 is 0 Å². The second-order valence-corrected chi connectivity index (χ2v) is 7.80. The SMILES string of the molecule is O=C1O[C@@H](CNC(=S)S)CN1c1ccc(N2CCSCC2)cc1. The Balaban J connectivity index is 1.62. The minimum absolute atomic E-state index is 0.216. The molecule has 0 spiro atoms. The Hall–Kier alpha value is -1.12. The molecule has 1 amide bonds. The van der Waals surface area contributed by atoms with Crippen molar-refractivity contribution in [2.75, 3.05) is 47.5 Å². The van der Waals surface area contributed by atoms with Crippen LogP contribution < -0.4 is 15.1 Å². The maximum Gasteiger partial charge on any atom is 0.414 e. The van der Waals surface area contributed by atoms with Crippen molar-refractivity contribution in [2.24, 2.45) is 0 Å².